The van der Waals surface area contributed by atoms with E-state index in [9.17, 15) is 0 Å². The maximum Gasteiger partial charge on any atom is 0.126 e. The molecule has 2 aliphatic rings. The minimum atomic E-state index is -0.0660. The van der Waals surface area contributed by atoms with Crippen molar-refractivity contribution >= 4 is 22.6 Å². The quantitative estimate of drug-likeness (QED) is 0.0920. The Morgan fingerprint density at radius 1 is 0.517 bits per heavy atom. The van der Waals surface area contributed by atoms with Crippen LogP contribution >= 0.6 is 22.6 Å². The second-order valence-corrected chi connectivity index (χ2v) is 19.8. The third-order valence-corrected chi connectivity index (χ3v) is 14.6. The highest BCUT2D eigenvalue weighted by atomic mass is 127. The molecule has 2 aromatic carbocycles. The highest BCUT2D eigenvalue weighted by molar-refractivity contribution is 14.1. The first kappa shape index (κ1) is 50.0. The van der Waals surface area contributed by atoms with Crippen LogP contribution in [0.4, 0.5) is 0 Å². The maximum absolute atomic E-state index is 8.92. The first-order valence-corrected chi connectivity index (χ1v) is 24.2. The first-order chi connectivity index (χ1) is 27.4. The van der Waals surface area contributed by atoms with Crippen LogP contribution in [0.2, 0.25) is 0 Å². The van der Waals surface area contributed by atoms with Gasteiger partial charge in [-0.1, -0.05) is 69.2 Å². The fourth-order valence-electron chi connectivity index (χ4n) is 8.77. The molecule has 0 amide bonds. The normalized spacial score (nSPS) is 19.9. The predicted octanol–water partition coefficient (Wildman–Crippen LogP) is 15.9. The van der Waals surface area contributed by atoms with E-state index in [4.69, 9.17) is 14.6 Å². The van der Waals surface area contributed by atoms with E-state index in [-0.39, 0.29) is 17.8 Å². The Bertz CT molecular complexity index is 1670. The Hall–Kier alpha value is -2.31. The summed E-state index contributed by atoms with van der Waals surface area (Å²) < 4.78 is 14.6. The minimum absolute atomic E-state index is 0.0430. The molecule has 58 heavy (non-hydrogen) atoms. The van der Waals surface area contributed by atoms with E-state index in [0.717, 1.165) is 82.8 Å². The second kappa shape index (κ2) is 23.6. The number of hydrogen-bond acceptors (Lipinski definition) is 3. The van der Waals surface area contributed by atoms with Gasteiger partial charge >= 0.3 is 0 Å². The zero-order valence-corrected chi connectivity index (χ0v) is 41.8. The molecule has 2 atom stereocenters. The van der Waals surface area contributed by atoms with Gasteiger partial charge in [-0.05, 0) is 260 Å². The fraction of sp³-hybridized carbons (Fsp3) is 0.630. The maximum atomic E-state index is 8.92. The van der Waals surface area contributed by atoms with E-state index >= 15 is 0 Å². The number of alkyl halides is 1. The molecule has 324 valence electrons. The number of allylic oxidation sites excluding steroid dienone is 8. The summed E-state index contributed by atoms with van der Waals surface area (Å²) in [4.78, 5) is 0. The van der Waals surface area contributed by atoms with Crippen LogP contribution in [0.5, 0.6) is 11.5 Å². The number of benzene rings is 2. The highest BCUT2D eigenvalue weighted by Crippen LogP contribution is 2.43. The summed E-state index contributed by atoms with van der Waals surface area (Å²) in [5.74, 6) is 2.33. The van der Waals surface area contributed by atoms with E-state index in [1.165, 1.54) is 108 Å². The van der Waals surface area contributed by atoms with Gasteiger partial charge < -0.3 is 14.6 Å². The van der Waals surface area contributed by atoms with Crippen LogP contribution < -0.4 is 9.47 Å². The number of rotatable bonds is 18. The zero-order chi connectivity index (χ0) is 43.2. The predicted molar refractivity (Wildman–Crippen MR) is 262 cm³/mol. The largest absolute Gasteiger partial charge is 0.487 e. The monoisotopic (exact) mass is 907 g/mol. The summed E-state index contributed by atoms with van der Waals surface area (Å²) in [6, 6.07) is 0. The molecule has 2 aliphatic heterocycles. The van der Waals surface area contributed by atoms with Crippen molar-refractivity contribution in [3.63, 3.8) is 0 Å². The van der Waals surface area contributed by atoms with Gasteiger partial charge in [-0.15, -0.1) is 0 Å². The molecule has 0 radical (unpaired) electrons. The molecule has 4 rings (SSSR count). The summed E-state index contributed by atoms with van der Waals surface area (Å²) in [5.41, 5.74) is 19.8. The molecule has 1 N–H and O–H groups in total. The summed E-state index contributed by atoms with van der Waals surface area (Å²) in [5, 5.41) is 8.92. The van der Waals surface area contributed by atoms with Gasteiger partial charge in [-0.25, -0.2) is 0 Å². The summed E-state index contributed by atoms with van der Waals surface area (Å²) in [6.45, 7) is 31.8. The van der Waals surface area contributed by atoms with E-state index < -0.39 is 0 Å². The first-order valence-electron chi connectivity index (χ1n) is 22.7. The van der Waals surface area contributed by atoms with E-state index in [1.807, 2.05) is 0 Å². The van der Waals surface area contributed by atoms with Gasteiger partial charge in [-0.3, -0.25) is 0 Å². The Labute approximate surface area is 370 Å². The average Bonchev–Trinajstić information content (AvgIpc) is 3.19. The van der Waals surface area contributed by atoms with Gasteiger partial charge in [-0.2, -0.15) is 0 Å². The standard InChI is InChI=1S/C27H41IO.C27H42O2/c2*1-19(11-8-12-20(2)14-10-18-28)13-9-16-27(7)17-15-25-23(5)21(3)22(4)24(6)26(25)29-27/h12-13H,8-11,14-18H2,1-7H3;12-13,28H,8-11,14-18H2,1-7H3/b2*19-13+,20-12+/t2*27-/m11/s1. The van der Waals surface area contributed by atoms with E-state index in [1.54, 1.807) is 5.57 Å². The van der Waals surface area contributed by atoms with Crippen LogP contribution in [0.15, 0.2) is 46.6 Å². The summed E-state index contributed by atoms with van der Waals surface area (Å²) in [7, 11) is 0. The highest BCUT2D eigenvalue weighted by Gasteiger charge is 2.34. The molecular formula is C54H83IO3. The van der Waals surface area contributed by atoms with Crippen molar-refractivity contribution in [2.45, 2.75) is 211 Å². The van der Waals surface area contributed by atoms with E-state index in [0.29, 0.717) is 0 Å². The van der Waals surface area contributed by atoms with Crippen molar-refractivity contribution in [3.8, 4) is 11.5 Å². The zero-order valence-electron chi connectivity index (χ0n) is 39.7. The molecule has 3 nitrogen and oxygen atoms in total. The SMILES string of the molecule is C/C(=C\CC[C@]1(C)CCc2c(C)c(C)c(C)c(C)c2O1)CC/C=C(\C)CCCI.C/C(=C\CC[C@]1(C)CCc2c(C)c(C)c(C)c(C)c2O1)CC/C=C(\C)CCCO. The lowest BCUT2D eigenvalue weighted by Gasteiger charge is -2.38. The lowest BCUT2D eigenvalue weighted by Crippen LogP contribution is -2.37. The van der Waals surface area contributed by atoms with Gasteiger partial charge in [0.2, 0.25) is 0 Å². The molecule has 0 aliphatic carbocycles. The molecule has 4 heteroatoms. The van der Waals surface area contributed by atoms with Crippen molar-refractivity contribution in [3.05, 3.63) is 102 Å². The number of ether oxygens (including phenoxy) is 2. The summed E-state index contributed by atoms with van der Waals surface area (Å²) >= 11 is 2.46. The molecule has 0 fully saturated rings. The molecule has 2 aromatic rings. The number of aliphatic hydroxyl groups excluding tert-OH is 1. The summed E-state index contributed by atoms with van der Waals surface area (Å²) in [6.07, 6.45) is 27.4. The van der Waals surface area contributed by atoms with Crippen molar-refractivity contribution in [1.29, 1.82) is 0 Å². The fourth-order valence-corrected chi connectivity index (χ4v) is 9.15. The average molecular weight is 907 g/mol. The number of hydrogen-bond donors (Lipinski definition) is 1. The van der Waals surface area contributed by atoms with Crippen molar-refractivity contribution in [1.82, 2.24) is 0 Å². The smallest absolute Gasteiger partial charge is 0.126 e. The third kappa shape index (κ3) is 14.4. The second-order valence-electron chi connectivity index (χ2n) is 18.7. The Kier molecular flexibility index (Phi) is 20.4. The van der Waals surface area contributed by atoms with Gasteiger partial charge in [0.1, 0.15) is 22.7 Å². The van der Waals surface area contributed by atoms with Crippen LogP contribution in [-0.2, 0) is 12.8 Å². The van der Waals surface area contributed by atoms with Crippen LogP contribution in [-0.4, -0.2) is 27.3 Å². The number of fused-ring (bicyclic) bond motifs is 2. The molecule has 0 bridgehead atoms. The Morgan fingerprint density at radius 2 is 0.862 bits per heavy atom. The van der Waals surface area contributed by atoms with Crippen molar-refractivity contribution in [2.75, 3.05) is 11.0 Å². The minimum Gasteiger partial charge on any atom is -0.487 e. The Morgan fingerprint density at radius 3 is 1.24 bits per heavy atom. The van der Waals surface area contributed by atoms with Crippen LogP contribution in [0, 0.1) is 55.4 Å². The van der Waals surface area contributed by atoms with Gasteiger partial charge in [0.25, 0.3) is 0 Å². The molecule has 0 aromatic heterocycles. The van der Waals surface area contributed by atoms with Gasteiger partial charge in [0, 0.05) is 6.61 Å². The lowest BCUT2D eigenvalue weighted by atomic mass is 9.83. The molecule has 0 spiro atoms. The van der Waals surface area contributed by atoms with Gasteiger partial charge in [0.15, 0.2) is 0 Å². The van der Waals surface area contributed by atoms with Crippen molar-refractivity contribution < 1.29 is 14.6 Å². The molecule has 0 saturated carbocycles. The number of aliphatic hydroxyl groups is 1. The molecule has 0 saturated heterocycles. The third-order valence-electron chi connectivity index (χ3n) is 13.8. The molecule has 0 unspecified atom stereocenters. The molecular weight excluding hydrogens is 823 g/mol. The van der Waals surface area contributed by atoms with Gasteiger partial charge in [0.05, 0.1) is 0 Å². The van der Waals surface area contributed by atoms with Crippen LogP contribution in [0.1, 0.15) is 187 Å². The molecule has 2 heterocycles. The topological polar surface area (TPSA) is 38.7 Å². The Balaban J connectivity index is 0.000000310. The number of halogens is 1. The van der Waals surface area contributed by atoms with E-state index in [2.05, 4.69) is 144 Å². The lowest BCUT2D eigenvalue weighted by molar-refractivity contribution is 0.0557. The van der Waals surface area contributed by atoms with Crippen LogP contribution in [0.3, 0.4) is 0 Å². The van der Waals surface area contributed by atoms with Crippen molar-refractivity contribution in [2.24, 2.45) is 0 Å². The van der Waals surface area contributed by atoms with Crippen LogP contribution in [0.25, 0.3) is 0 Å².